The maximum Gasteiger partial charge on any atom is 0.175 e. The molecule has 1 unspecified atom stereocenters. The Kier molecular flexibility index (Phi) is 4.44. The lowest BCUT2D eigenvalue weighted by Crippen LogP contribution is -2.61. The van der Waals surface area contributed by atoms with Crippen molar-refractivity contribution < 1.29 is 14.0 Å². The van der Waals surface area contributed by atoms with Crippen LogP contribution in [0.1, 0.15) is 37.7 Å². The number of benzene rings is 1. The maximum absolute atomic E-state index is 14.7. The third kappa shape index (κ3) is 2.61. The van der Waals surface area contributed by atoms with Gasteiger partial charge in [-0.2, -0.15) is 5.10 Å². The molecule has 1 fully saturated rings. The lowest BCUT2D eigenvalue weighted by atomic mass is 9.69. The smallest absolute Gasteiger partial charge is 0.175 e. The molecule has 1 aliphatic heterocycles. The second kappa shape index (κ2) is 6.63. The summed E-state index contributed by atoms with van der Waals surface area (Å²) in [6, 6.07) is 4.54. The van der Waals surface area contributed by atoms with Crippen molar-refractivity contribution in [1.82, 2.24) is 14.8 Å². The number of oxime groups is 1. The molecule has 0 amide bonds. The zero-order chi connectivity index (χ0) is 18.2. The van der Waals surface area contributed by atoms with Gasteiger partial charge in [-0.25, -0.2) is 14.1 Å². The average Bonchev–Trinajstić information content (AvgIpc) is 3.24. The molecule has 4 rings (SSSR count). The van der Waals surface area contributed by atoms with Crippen molar-refractivity contribution in [3.8, 4) is 0 Å². The Labute approximate surface area is 155 Å². The first-order valence-corrected chi connectivity index (χ1v) is 9.08. The molecule has 138 valence electrons. The summed E-state index contributed by atoms with van der Waals surface area (Å²) in [7, 11) is 1.62. The summed E-state index contributed by atoms with van der Waals surface area (Å²) in [6.07, 6.45) is 7.81. The third-order valence-corrected chi connectivity index (χ3v) is 5.71. The van der Waals surface area contributed by atoms with E-state index in [2.05, 4.69) is 15.2 Å². The molecular formula is C18H20ClFN4O2. The molecule has 6 nitrogen and oxygen atoms in total. The van der Waals surface area contributed by atoms with E-state index in [9.17, 15) is 4.39 Å². The normalized spacial score (nSPS) is 24.5. The van der Waals surface area contributed by atoms with Gasteiger partial charge >= 0.3 is 0 Å². The van der Waals surface area contributed by atoms with Gasteiger partial charge < -0.3 is 9.57 Å². The first kappa shape index (κ1) is 17.4. The van der Waals surface area contributed by atoms with Crippen molar-refractivity contribution >= 4 is 17.3 Å². The van der Waals surface area contributed by atoms with Gasteiger partial charge in [-0.15, -0.1) is 0 Å². The average molecular weight is 379 g/mol. The standard InChI is InChI=1S/C18H20ClFN4O2/c1-25-18(10-24-12-21-11-22-24)16(14-6-5-13(19)9-15(14)20)23-26-17(18)7-3-2-4-8-17/h5-6,9,11-12H,2-4,7-8,10H2,1H3. The van der Waals surface area contributed by atoms with E-state index < -0.39 is 17.0 Å². The van der Waals surface area contributed by atoms with Gasteiger partial charge in [0.15, 0.2) is 11.2 Å². The maximum atomic E-state index is 14.7. The Balaban J connectivity index is 1.83. The minimum absolute atomic E-state index is 0.331. The molecular weight excluding hydrogens is 359 g/mol. The summed E-state index contributed by atoms with van der Waals surface area (Å²) in [6.45, 7) is 0.338. The third-order valence-electron chi connectivity index (χ3n) is 5.48. The molecule has 1 atom stereocenters. The highest BCUT2D eigenvalue weighted by Gasteiger charge is 2.63. The summed E-state index contributed by atoms with van der Waals surface area (Å²) in [5.74, 6) is -0.451. The van der Waals surface area contributed by atoms with Crippen LogP contribution in [0.2, 0.25) is 5.02 Å². The number of hydrogen-bond acceptors (Lipinski definition) is 5. The molecule has 1 aliphatic carbocycles. The van der Waals surface area contributed by atoms with Crippen molar-refractivity contribution in [3.05, 3.63) is 47.3 Å². The topological polar surface area (TPSA) is 61.5 Å². The van der Waals surface area contributed by atoms with Crippen LogP contribution in [0.3, 0.4) is 0 Å². The van der Waals surface area contributed by atoms with Crippen LogP contribution >= 0.6 is 11.6 Å². The van der Waals surface area contributed by atoms with E-state index in [-0.39, 0.29) is 0 Å². The second-order valence-electron chi connectivity index (χ2n) is 6.83. The van der Waals surface area contributed by atoms with Crippen LogP contribution in [0.4, 0.5) is 4.39 Å². The SMILES string of the molecule is COC1(Cn2cncn2)C(c2ccc(Cl)cc2F)=NOC12CCCCC2. The van der Waals surface area contributed by atoms with Crippen LogP contribution in [0.25, 0.3) is 0 Å². The number of rotatable bonds is 4. The Morgan fingerprint density at radius 2 is 2.12 bits per heavy atom. The van der Waals surface area contributed by atoms with Crippen LogP contribution in [0, 0.1) is 5.82 Å². The van der Waals surface area contributed by atoms with E-state index in [1.165, 1.54) is 12.4 Å². The van der Waals surface area contributed by atoms with E-state index >= 15 is 0 Å². The summed E-state index contributed by atoms with van der Waals surface area (Å²) < 4.78 is 22.5. The number of aromatic nitrogens is 3. The summed E-state index contributed by atoms with van der Waals surface area (Å²) in [5.41, 5.74) is -0.839. The first-order chi connectivity index (χ1) is 12.6. The zero-order valence-electron chi connectivity index (χ0n) is 14.5. The van der Waals surface area contributed by atoms with E-state index in [0.717, 1.165) is 32.1 Å². The molecule has 26 heavy (non-hydrogen) atoms. The van der Waals surface area contributed by atoms with E-state index in [1.54, 1.807) is 30.3 Å². The number of methoxy groups -OCH3 is 1. The fourth-order valence-electron chi connectivity index (χ4n) is 4.17. The molecule has 2 aliphatic rings. The Hall–Kier alpha value is -1.99. The highest BCUT2D eigenvalue weighted by Crippen LogP contribution is 2.49. The first-order valence-electron chi connectivity index (χ1n) is 8.70. The van der Waals surface area contributed by atoms with Gasteiger partial charge in [-0.1, -0.05) is 23.2 Å². The van der Waals surface area contributed by atoms with Gasteiger partial charge in [0.1, 0.15) is 24.2 Å². The minimum atomic E-state index is -0.963. The molecule has 1 aromatic heterocycles. The van der Waals surface area contributed by atoms with Gasteiger partial charge in [0.2, 0.25) is 0 Å². The second-order valence-corrected chi connectivity index (χ2v) is 7.27. The van der Waals surface area contributed by atoms with Crippen LogP contribution in [-0.2, 0) is 16.1 Å². The molecule has 2 heterocycles. The zero-order valence-corrected chi connectivity index (χ0v) is 15.2. The minimum Gasteiger partial charge on any atom is -0.385 e. The van der Waals surface area contributed by atoms with E-state index in [0.29, 0.717) is 22.8 Å². The van der Waals surface area contributed by atoms with Gasteiger partial charge in [0, 0.05) is 17.7 Å². The lowest BCUT2D eigenvalue weighted by Gasteiger charge is -2.44. The van der Waals surface area contributed by atoms with E-state index in [4.69, 9.17) is 21.2 Å². The van der Waals surface area contributed by atoms with Gasteiger partial charge in [-0.3, -0.25) is 0 Å². The molecule has 0 N–H and O–H groups in total. The van der Waals surface area contributed by atoms with Gasteiger partial charge in [0.25, 0.3) is 0 Å². The number of ether oxygens (including phenoxy) is 1. The number of nitrogens with zero attached hydrogens (tertiary/aromatic N) is 4. The monoisotopic (exact) mass is 378 g/mol. The number of halogens is 2. The lowest BCUT2D eigenvalue weighted by molar-refractivity contribution is -0.164. The van der Waals surface area contributed by atoms with Gasteiger partial charge in [0.05, 0.1) is 6.54 Å². The van der Waals surface area contributed by atoms with Crippen molar-refractivity contribution in [1.29, 1.82) is 0 Å². The quantitative estimate of drug-likeness (QED) is 0.815. The summed E-state index contributed by atoms with van der Waals surface area (Å²) >= 11 is 5.92. The molecule has 2 aromatic rings. The van der Waals surface area contributed by atoms with Crippen molar-refractivity contribution in [2.24, 2.45) is 5.16 Å². The highest BCUT2D eigenvalue weighted by atomic mass is 35.5. The number of hydrogen-bond donors (Lipinski definition) is 0. The molecule has 0 radical (unpaired) electrons. The van der Waals surface area contributed by atoms with Crippen LogP contribution in [-0.4, -0.2) is 38.8 Å². The summed E-state index contributed by atoms with van der Waals surface area (Å²) in [5, 5.41) is 8.87. The summed E-state index contributed by atoms with van der Waals surface area (Å²) in [4.78, 5) is 10.0. The Morgan fingerprint density at radius 3 is 2.77 bits per heavy atom. The molecule has 0 bridgehead atoms. The van der Waals surface area contributed by atoms with Gasteiger partial charge in [-0.05, 0) is 43.9 Å². The molecule has 0 saturated heterocycles. The van der Waals surface area contributed by atoms with Crippen LogP contribution in [0.5, 0.6) is 0 Å². The molecule has 8 heteroatoms. The predicted octanol–water partition coefficient (Wildman–Crippen LogP) is 3.59. The van der Waals surface area contributed by atoms with Crippen molar-refractivity contribution in [2.45, 2.75) is 49.9 Å². The molecule has 1 aromatic carbocycles. The Bertz CT molecular complexity index is 821. The largest absolute Gasteiger partial charge is 0.385 e. The van der Waals surface area contributed by atoms with E-state index in [1.807, 2.05) is 0 Å². The molecule has 1 spiro atoms. The predicted molar refractivity (Wildman–Crippen MR) is 94.6 cm³/mol. The Morgan fingerprint density at radius 1 is 1.31 bits per heavy atom. The van der Waals surface area contributed by atoms with Crippen molar-refractivity contribution in [2.75, 3.05) is 7.11 Å². The fraction of sp³-hybridized carbons (Fsp3) is 0.500. The highest BCUT2D eigenvalue weighted by molar-refractivity contribution is 6.30. The van der Waals surface area contributed by atoms with Crippen LogP contribution < -0.4 is 0 Å². The molecule has 1 saturated carbocycles. The van der Waals surface area contributed by atoms with Crippen LogP contribution in [0.15, 0.2) is 36.0 Å². The van der Waals surface area contributed by atoms with Crippen molar-refractivity contribution in [3.63, 3.8) is 0 Å². The fourth-order valence-corrected chi connectivity index (χ4v) is 4.33.